The molecule has 4 aliphatic rings. The first-order chi connectivity index (χ1) is 20.9. The number of nitrogens with zero attached hydrogens (tertiary/aromatic N) is 5. The largest absolute Gasteiger partial charge is 0.508 e. The van der Waals surface area contributed by atoms with Crippen molar-refractivity contribution in [3.8, 4) is 23.0 Å². The van der Waals surface area contributed by atoms with Crippen LogP contribution in [0.2, 0.25) is 0 Å². The van der Waals surface area contributed by atoms with Crippen LogP contribution in [0.15, 0.2) is 30.5 Å². The van der Waals surface area contributed by atoms with E-state index in [4.69, 9.17) is 9.72 Å². The Bertz CT molecular complexity index is 1730. The Balaban J connectivity index is 1.28. The van der Waals surface area contributed by atoms with Gasteiger partial charge in [-0.15, -0.1) is 0 Å². The minimum Gasteiger partial charge on any atom is -0.508 e. The van der Waals surface area contributed by atoms with Crippen LogP contribution in [-0.4, -0.2) is 75.4 Å². The Morgan fingerprint density at radius 1 is 1.07 bits per heavy atom. The van der Waals surface area contributed by atoms with Crippen molar-refractivity contribution in [1.29, 1.82) is 0 Å². The van der Waals surface area contributed by atoms with Crippen molar-refractivity contribution < 1.29 is 18.6 Å². The van der Waals surface area contributed by atoms with E-state index in [2.05, 4.69) is 25.1 Å². The molecule has 2 bridgehead atoms. The number of ether oxygens (including phenoxy) is 1. The van der Waals surface area contributed by atoms with Gasteiger partial charge in [-0.25, -0.2) is 8.78 Å². The molecule has 6 heterocycles. The van der Waals surface area contributed by atoms with Gasteiger partial charge < -0.3 is 20.1 Å². The number of pyridine rings is 1. The van der Waals surface area contributed by atoms with Crippen LogP contribution >= 0.6 is 0 Å². The Hall–Kier alpha value is -3.63. The number of aromatic hydroxyl groups is 1. The van der Waals surface area contributed by atoms with Gasteiger partial charge in [-0.2, -0.15) is 9.97 Å². The number of anilines is 1. The van der Waals surface area contributed by atoms with Crippen LogP contribution in [0.4, 0.5) is 14.6 Å². The third-order valence-corrected chi connectivity index (χ3v) is 10.2. The quantitative estimate of drug-likeness (QED) is 0.313. The zero-order valence-corrected chi connectivity index (χ0v) is 24.4. The summed E-state index contributed by atoms with van der Waals surface area (Å²) in [5.41, 5.74) is 0.917. The molecule has 2 N–H and O–H groups in total. The first kappa shape index (κ1) is 27.0. The monoisotopic (exact) mass is 586 g/mol. The van der Waals surface area contributed by atoms with E-state index in [1.807, 2.05) is 6.92 Å². The lowest BCUT2D eigenvalue weighted by molar-refractivity contribution is 0.108. The highest BCUT2D eigenvalue weighted by atomic mass is 19.1. The highest BCUT2D eigenvalue weighted by molar-refractivity contribution is 6.01. The number of fused-ring (bicyclic) bond motifs is 5. The number of hydrogen-bond donors (Lipinski definition) is 2. The number of nitrogens with one attached hydrogen (secondary N) is 1. The fraction of sp³-hybridized carbons (Fsp3) is 0.485. The normalized spacial score (nSPS) is 23.0. The Labute approximate surface area is 249 Å². The molecule has 0 spiro atoms. The van der Waals surface area contributed by atoms with E-state index in [1.165, 1.54) is 12.1 Å². The van der Waals surface area contributed by atoms with Crippen LogP contribution in [0, 0.1) is 11.6 Å². The fourth-order valence-electron chi connectivity index (χ4n) is 8.18. The molecule has 2 aromatic carbocycles. The molecular weight excluding hydrogens is 550 g/mol. The summed E-state index contributed by atoms with van der Waals surface area (Å²) < 4.78 is 38.1. The molecule has 10 heteroatoms. The molecule has 4 saturated heterocycles. The van der Waals surface area contributed by atoms with E-state index in [9.17, 15) is 9.50 Å². The van der Waals surface area contributed by atoms with E-state index < -0.39 is 5.82 Å². The zero-order chi connectivity index (χ0) is 29.3. The second-order valence-corrected chi connectivity index (χ2v) is 12.7. The molecule has 0 saturated carbocycles. The molecule has 2 atom stereocenters. The number of piperazine rings is 1. The van der Waals surface area contributed by atoms with E-state index in [1.54, 1.807) is 18.3 Å². The maximum atomic E-state index is 16.8. The molecule has 0 unspecified atom stereocenters. The molecule has 43 heavy (non-hydrogen) atoms. The summed E-state index contributed by atoms with van der Waals surface area (Å²) in [6, 6.07) is 6.89. The standard InChI is InChI=1S/C33H36F2N6O2/c1-2-23-26(34)8-5-19-13-22(42)14-24(27(19)23)29-28(35)30-25(15-36-29)31(40-16-20-6-7-21(17-40)37-20)39-32(38-30)43-18-33-9-3-11-41(33)12-4-10-33/h5,8,13-15,20-21,37,42H,2-4,6-7,9-12,16-18H2,1H3/t20-,21+. The van der Waals surface area contributed by atoms with Crippen LogP contribution in [0.25, 0.3) is 32.9 Å². The first-order valence-corrected chi connectivity index (χ1v) is 15.6. The molecule has 0 amide bonds. The van der Waals surface area contributed by atoms with Crippen LogP contribution in [0.3, 0.4) is 0 Å². The summed E-state index contributed by atoms with van der Waals surface area (Å²) in [5.74, 6) is -0.421. The van der Waals surface area contributed by atoms with E-state index in [0.29, 0.717) is 58.2 Å². The van der Waals surface area contributed by atoms with Gasteiger partial charge in [0.15, 0.2) is 5.82 Å². The SMILES string of the molecule is CCc1c(F)ccc2cc(O)cc(-c3ncc4c(N5C[C@H]6CC[C@@H](C5)N6)nc(OCC56CCCN5CCC6)nc4c3F)c12. The predicted molar refractivity (Wildman–Crippen MR) is 162 cm³/mol. The second kappa shape index (κ2) is 10.2. The molecule has 0 aliphatic carbocycles. The van der Waals surface area contributed by atoms with Crippen molar-refractivity contribution in [3.63, 3.8) is 0 Å². The lowest BCUT2D eigenvalue weighted by Crippen LogP contribution is -2.51. The number of rotatable bonds is 6. The average Bonchev–Trinajstić information content (AvgIpc) is 3.69. The van der Waals surface area contributed by atoms with Gasteiger partial charge in [0, 0.05) is 36.9 Å². The fourth-order valence-corrected chi connectivity index (χ4v) is 8.18. The number of aryl methyl sites for hydroxylation is 1. The second-order valence-electron chi connectivity index (χ2n) is 12.7. The molecule has 0 radical (unpaired) electrons. The molecule has 4 aliphatic heterocycles. The maximum Gasteiger partial charge on any atom is 0.319 e. The molecule has 4 fully saturated rings. The number of benzene rings is 2. The van der Waals surface area contributed by atoms with Crippen molar-refractivity contribution in [2.45, 2.75) is 69.5 Å². The highest BCUT2D eigenvalue weighted by Crippen LogP contribution is 2.41. The topological polar surface area (TPSA) is 86.6 Å². The summed E-state index contributed by atoms with van der Waals surface area (Å²) in [7, 11) is 0. The van der Waals surface area contributed by atoms with E-state index >= 15 is 4.39 Å². The minimum absolute atomic E-state index is 0.00428. The molecule has 4 aromatic rings. The highest BCUT2D eigenvalue weighted by Gasteiger charge is 2.45. The van der Waals surface area contributed by atoms with Gasteiger partial charge in [-0.1, -0.05) is 13.0 Å². The molecule has 8 rings (SSSR count). The van der Waals surface area contributed by atoms with Gasteiger partial charge in [-0.3, -0.25) is 9.88 Å². The van der Waals surface area contributed by atoms with Gasteiger partial charge in [-0.05, 0) is 92.6 Å². The van der Waals surface area contributed by atoms with Crippen LogP contribution in [0.5, 0.6) is 11.8 Å². The molecule has 2 aromatic heterocycles. The Morgan fingerprint density at radius 2 is 1.84 bits per heavy atom. The van der Waals surface area contributed by atoms with Gasteiger partial charge in [0.05, 0.1) is 10.9 Å². The summed E-state index contributed by atoms with van der Waals surface area (Å²) in [5, 5.41) is 15.9. The molecule has 8 nitrogen and oxygen atoms in total. The Morgan fingerprint density at radius 3 is 2.58 bits per heavy atom. The van der Waals surface area contributed by atoms with Crippen molar-refractivity contribution >= 4 is 27.5 Å². The predicted octanol–water partition coefficient (Wildman–Crippen LogP) is 5.34. The van der Waals surface area contributed by atoms with Crippen molar-refractivity contribution in [2.24, 2.45) is 0 Å². The number of hydrogen-bond acceptors (Lipinski definition) is 8. The van der Waals surface area contributed by atoms with E-state index in [-0.39, 0.29) is 34.3 Å². The first-order valence-electron chi connectivity index (χ1n) is 15.6. The summed E-state index contributed by atoms with van der Waals surface area (Å²) in [6.07, 6.45) is 8.69. The van der Waals surface area contributed by atoms with Gasteiger partial charge >= 0.3 is 6.01 Å². The Kier molecular flexibility index (Phi) is 6.41. The molecular formula is C33H36F2N6O2. The number of halogens is 2. The third kappa shape index (κ3) is 4.40. The third-order valence-electron chi connectivity index (χ3n) is 10.2. The van der Waals surface area contributed by atoms with Crippen LogP contribution in [0.1, 0.15) is 51.0 Å². The lowest BCUT2D eigenvalue weighted by atomic mass is 9.94. The molecule has 224 valence electrons. The van der Waals surface area contributed by atoms with Crippen LogP contribution < -0.4 is 15.0 Å². The van der Waals surface area contributed by atoms with Gasteiger partial charge in [0.25, 0.3) is 0 Å². The maximum absolute atomic E-state index is 16.8. The van der Waals surface area contributed by atoms with Crippen molar-refractivity contribution in [3.05, 3.63) is 47.7 Å². The summed E-state index contributed by atoms with van der Waals surface area (Å²) >= 11 is 0. The van der Waals surface area contributed by atoms with Gasteiger partial charge in [0.2, 0.25) is 0 Å². The average molecular weight is 587 g/mol. The number of phenols is 1. The van der Waals surface area contributed by atoms with Crippen LogP contribution in [-0.2, 0) is 6.42 Å². The van der Waals surface area contributed by atoms with Crippen molar-refractivity contribution in [2.75, 3.05) is 37.7 Å². The summed E-state index contributed by atoms with van der Waals surface area (Å²) in [4.78, 5) is 18.9. The number of phenolic OH excluding ortho intramolecular Hbond substituents is 1. The summed E-state index contributed by atoms with van der Waals surface area (Å²) in [6.45, 7) is 6.02. The zero-order valence-electron chi connectivity index (χ0n) is 24.4. The smallest absolute Gasteiger partial charge is 0.319 e. The van der Waals surface area contributed by atoms with Crippen molar-refractivity contribution in [1.82, 2.24) is 25.2 Å². The number of aromatic nitrogens is 3. The lowest BCUT2D eigenvalue weighted by Gasteiger charge is -2.34. The van der Waals surface area contributed by atoms with Gasteiger partial charge in [0.1, 0.15) is 35.2 Å². The minimum atomic E-state index is -0.635. The van der Waals surface area contributed by atoms with E-state index in [0.717, 1.165) is 64.7 Å².